The van der Waals surface area contributed by atoms with Gasteiger partial charge in [-0.05, 0) is 30.5 Å². The fourth-order valence-corrected chi connectivity index (χ4v) is 2.34. The Morgan fingerprint density at radius 3 is 2.21 bits per heavy atom. The van der Waals surface area contributed by atoms with Crippen molar-refractivity contribution in [2.24, 2.45) is 5.73 Å². The normalized spacial score (nSPS) is 16.7. The molecule has 0 atom stereocenters. The van der Waals surface area contributed by atoms with E-state index in [0.717, 1.165) is 24.2 Å². The average Bonchev–Trinajstić information content (AvgIpc) is 2.26. The zero-order chi connectivity index (χ0) is 13.9. The highest BCUT2D eigenvalue weighted by atomic mass is 19.4. The predicted molar refractivity (Wildman–Crippen MR) is 68.5 cm³/mol. The van der Waals surface area contributed by atoms with Crippen molar-refractivity contribution in [1.29, 1.82) is 0 Å². The molecule has 1 aliphatic carbocycles. The summed E-state index contributed by atoms with van der Waals surface area (Å²) in [6.07, 6.45) is -0.691. The summed E-state index contributed by atoms with van der Waals surface area (Å²) in [7, 11) is 0. The molecule has 19 heavy (non-hydrogen) atoms. The molecule has 1 aromatic rings. The Morgan fingerprint density at radius 1 is 1.16 bits per heavy atom. The molecule has 0 spiro atoms. The van der Waals surface area contributed by atoms with Gasteiger partial charge in [0.05, 0.1) is 5.56 Å². The molecule has 0 saturated heterocycles. The Balaban J connectivity index is 2.00. The van der Waals surface area contributed by atoms with Crippen molar-refractivity contribution in [3.8, 4) is 0 Å². The van der Waals surface area contributed by atoms with Gasteiger partial charge in [-0.15, -0.1) is 0 Å². The number of nitrogens with zero attached hydrogens (tertiary/aromatic N) is 1. The standard InChI is InChI=1S/C14H19F3N2/c15-14(16,17)12-6-4-11(5-7-12)10-19(9-8-18)13-2-1-3-13/h4-7,13H,1-3,8-10,18H2. The molecule has 2 nitrogen and oxygen atoms in total. The van der Waals surface area contributed by atoms with Crippen LogP contribution in [0.5, 0.6) is 0 Å². The highest BCUT2D eigenvalue weighted by molar-refractivity contribution is 5.24. The summed E-state index contributed by atoms with van der Waals surface area (Å²) in [5.41, 5.74) is 5.91. The minimum absolute atomic E-state index is 0.547. The molecule has 5 heteroatoms. The zero-order valence-corrected chi connectivity index (χ0v) is 10.8. The van der Waals surface area contributed by atoms with Crippen molar-refractivity contribution in [2.45, 2.75) is 38.0 Å². The first-order valence-electron chi connectivity index (χ1n) is 6.61. The van der Waals surface area contributed by atoms with E-state index < -0.39 is 11.7 Å². The van der Waals surface area contributed by atoms with Gasteiger partial charge in [0.1, 0.15) is 0 Å². The lowest BCUT2D eigenvalue weighted by molar-refractivity contribution is -0.137. The second kappa shape index (κ2) is 5.92. The molecule has 0 heterocycles. The maximum atomic E-state index is 12.5. The van der Waals surface area contributed by atoms with Crippen molar-refractivity contribution in [1.82, 2.24) is 4.90 Å². The van der Waals surface area contributed by atoms with E-state index >= 15 is 0 Å². The molecule has 1 aromatic carbocycles. The van der Waals surface area contributed by atoms with Crippen molar-refractivity contribution in [2.75, 3.05) is 13.1 Å². The zero-order valence-electron chi connectivity index (χ0n) is 10.8. The molecule has 1 fully saturated rings. The Kier molecular flexibility index (Phi) is 4.47. The molecular formula is C14H19F3N2. The van der Waals surface area contributed by atoms with E-state index in [-0.39, 0.29) is 0 Å². The molecule has 0 radical (unpaired) electrons. The Morgan fingerprint density at radius 2 is 1.79 bits per heavy atom. The third kappa shape index (κ3) is 3.70. The van der Waals surface area contributed by atoms with Gasteiger partial charge in [-0.3, -0.25) is 4.90 Å². The summed E-state index contributed by atoms with van der Waals surface area (Å²) >= 11 is 0. The van der Waals surface area contributed by atoms with Gasteiger partial charge in [-0.1, -0.05) is 18.6 Å². The largest absolute Gasteiger partial charge is 0.416 e. The van der Waals surface area contributed by atoms with Crippen LogP contribution in [0.2, 0.25) is 0 Å². The SMILES string of the molecule is NCCN(Cc1ccc(C(F)(F)F)cc1)C1CCC1. The number of nitrogens with two attached hydrogens (primary N) is 1. The molecule has 1 aliphatic rings. The van der Waals surface area contributed by atoms with Gasteiger partial charge < -0.3 is 5.73 Å². The first-order valence-corrected chi connectivity index (χ1v) is 6.61. The number of hydrogen-bond donors (Lipinski definition) is 1. The maximum absolute atomic E-state index is 12.5. The van der Waals surface area contributed by atoms with Crippen LogP contribution >= 0.6 is 0 Å². The molecule has 0 amide bonds. The second-order valence-electron chi connectivity index (χ2n) is 5.04. The maximum Gasteiger partial charge on any atom is 0.416 e. The Bertz CT molecular complexity index is 396. The predicted octanol–water partition coefficient (Wildman–Crippen LogP) is 3.02. The van der Waals surface area contributed by atoms with Crippen LogP contribution in [0.25, 0.3) is 0 Å². The van der Waals surface area contributed by atoms with Gasteiger partial charge in [0.25, 0.3) is 0 Å². The third-order valence-electron chi connectivity index (χ3n) is 3.67. The third-order valence-corrected chi connectivity index (χ3v) is 3.67. The van der Waals surface area contributed by atoms with Gasteiger partial charge in [0.15, 0.2) is 0 Å². The molecule has 0 unspecified atom stereocenters. The summed E-state index contributed by atoms with van der Waals surface area (Å²) in [5.74, 6) is 0. The first kappa shape index (κ1) is 14.3. The lowest BCUT2D eigenvalue weighted by atomic mass is 9.91. The number of rotatable bonds is 5. The van der Waals surface area contributed by atoms with Gasteiger partial charge in [0, 0.05) is 25.7 Å². The molecule has 106 valence electrons. The van der Waals surface area contributed by atoms with E-state index in [1.807, 2.05) is 0 Å². The van der Waals surface area contributed by atoms with E-state index in [0.29, 0.717) is 19.1 Å². The summed E-state index contributed by atoms with van der Waals surface area (Å²) in [6.45, 7) is 2.06. The molecular weight excluding hydrogens is 253 g/mol. The van der Waals surface area contributed by atoms with E-state index in [9.17, 15) is 13.2 Å². The number of benzene rings is 1. The van der Waals surface area contributed by atoms with E-state index in [1.165, 1.54) is 19.3 Å². The lowest BCUT2D eigenvalue weighted by Crippen LogP contribution is -2.42. The summed E-state index contributed by atoms with van der Waals surface area (Å²) in [6, 6.07) is 5.97. The van der Waals surface area contributed by atoms with E-state index in [2.05, 4.69) is 4.90 Å². The van der Waals surface area contributed by atoms with E-state index in [1.54, 1.807) is 12.1 Å². The van der Waals surface area contributed by atoms with Crippen molar-refractivity contribution in [3.05, 3.63) is 35.4 Å². The van der Waals surface area contributed by atoms with Gasteiger partial charge in [0.2, 0.25) is 0 Å². The fourth-order valence-electron chi connectivity index (χ4n) is 2.34. The van der Waals surface area contributed by atoms with Crippen molar-refractivity contribution < 1.29 is 13.2 Å². The monoisotopic (exact) mass is 272 g/mol. The summed E-state index contributed by atoms with van der Waals surface area (Å²) in [5, 5.41) is 0. The average molecular weight is 272 g/mol. The van der Waals surface area contributed by atoms with Crippen LogP contribution in [0, 0.1) is 0 Å². The molecule has 0 aromatic heterocycles. The minimum atomic E-state index is -4.26. The number of alkyl halides is 3. The highest BCUT2D eigenvalue weighted by Crippen LogP contribution is 2.30. The fraction of sp³-hybridized carbons (Fsp3) is 0.571. The summed E-state index contributed by atoms with van der Waals surface area (Å²) in [4.78, 5) is 2.27. The van der Waals surface area contributed by atoms with Gasteiger partial charge in [-0.2, -0.15) is 13.2 Å². The lowest BCUT2D eigenvalue weighted by Gasteiger charge is -2.37. The van der Waals surface area contributed by atoms with Gasteiger partial charge in [-0.25, -0.2) is 0 Å². The van der Waals surface area contributed by atoms with Crippen molar-refractivity contribution >= 4 is 0 Å². The highest BCUT2D eigenvalue weighted by Gasteiger charge is 2.30. The van der Waals surface area contributed by atoms with Crippen LogP contribution in [-0.2, 0) is 12.7 Å². The molecule has 0 aliphatic heterocycles. The number of hydrogen-bond acceptors (Lipinski definition) is 2. The Hall–Kier alpha value is -1.07. The van der Waals surface area contributed by atoms with Crippen LogP contribution in [0.4, 0.5) is 13.2 Å². The van der Waals surface area contributed by atoms with Crippen LogP contribution in [0.15, 0.2) is 24.3 Å². The van der Waals surface area contributed by atoms with Gasteiger partial charge >= 0.3 is 6.18 Å². The second-order valence-corrected chi connectivity index (χ2v) is 5.04. The minimum Gasteiger partial charge on any atom is -0.329 e. The smallest absolute Gasteiger partial charge is 0.329 e. The topological polar surface area (TPSA) is 29.3 Å². The number of halogens is 3. The molecule has 1 saturated carbocycles. The molecule has 2 rings (SSSR count). The molecule has 2 N–H and O–H groups in total. The van der Waals surface area contributed by atoms with Crippen LogP contribution in [0.1, 0.15) is 30.4 Å². The van der Waals surface area contributed by atoms with Crippen LogP contribution < -0.4 is 5.73 Å². The van der Waals surface area contributed by atoms with E-state index in [4.69, 9.17) is 5.73 Å². The van der Waals surface area contributed by atoms with Crippen LogP contribution in [-0.4, -0.2) is 24.0 Å². The first-order chi connectivity index (χ1) is 9.00. The van der Waals surface area contributed by atoms with Crippen LogP contribution in [0.3, 0.4) is 0 Å². The van der Waals surface area contributed by atoms with Crippen molar-refractivity contribution in [3.63, 3.8) is 0 Å². The quantitative estimate of drug-likeness (QED) is 0.892. The Labute approximate surface area is 111 Å². The molecule has 0 bridgehead atoms. The summed E-state index contributed by atoms with van der Waals surface area (Å²) < 4.78 is 37.4.